The molecule has 1 heterocycles. The van der Waals surface area contributed by atoms with Crippen molar-refractivity contribution in [2.75, 3.05) is 13.1 Å². The number of ether oxygens (including phenoxy) is 1. The number of nitrogens with one attached hydrogen (secondary N) is 1. The van der Waals surface area contributed by atoms with Crippen molar-refractivity contribution in [2.24, 2.45) is 5.92 Å². The molecule has 0 amide bonds. The third-order valence-electron chi connectivity index (χ3n) is 2.47. The van der Waals surface area contributed by atoms with Gasteiger partial charge in [0.2, 0.25) is 0 Å². The number of rotatable bonds is 3. The minimum absolute atomic E-state index is 0.365. The molecule has 14 heavy (non-hydrogen) atoms. The Morgan fingerprint density at radius 3 is 2.57 bits per heavy atom. The van der Waals surface area contributed by atoms with Gasteiger partial charge in [0.25, 0.3) is 0 Å². The van der Waals surface area contributed by atoms with Crippen LogP contribution in [0.3, 0.4) is 0 Å². The normalized spacial score (nSPS) is 17.8. The number of esters is 2. The van der Waals surface area contributed by atoms with Gasteiger partial charge in [-0.1, -0.05) is 0 Å². The summed E-state index contributed by atoms with van der Waals surface area (Å²) in [4.78, 5) is 21.5. The summed E-state index contributed by atoms with van der Waals surface area (Å²) in [5.74, 6) is -0.299. The van der Waals surface area contributed by atoms with E-state index in [-0.39, 0.29) is 0 Å². The van der Waals surface area contributed by atoms with Crippen LogP contribution in [-0.4, -0.2) is 25.0 Å². The van der Waals surface area contributed by atoms with Crippen LogP contribution in [0.4, 0.5) is 0 Å². The van der Waals surface area contributed by atoms with Crippen molar-refractivity contribution in [3.63, 3.8) is 0 Å². The van der Waals surface area contributed by atoms with Crippen LogP contribution < -0.4 is 5.32 Å². The van der Waals surface area contributed by atoms with Crippen LogP contribution in [0.2, 0.25) is 0 Å². The maximum Gasteiger partial charge on any atom is 0.313 e. The van der Waals surface area contributed by atoms with Gasteiger partial charge >= 0.3 is 11.9 Å². The van der Waals surface area contributed by atoms with E-state index in [1.165, 1.54) is 6.92 Å². The highest BCUT2D eigenvalue weighted by Gasteiger charge is 2.15. The first-order valence-electron chi connectivity index (χ1n) is 5.10. The Balaban J connectivity index is 2.12. The molecule has 1 aliphatic rings. The van der Waals surface area contributed by atoms with Gasteiger partial charge in [0, 0.05) is 13.3 Å². The van der Waals surface area contributed by atoms with E-state index in [0.717, 1.165) is 32.4 Å². The van der Waals surface area contributed by atoms with Gasteiger partial charge in [0.1, 0.15) is 0 Å². The second-order valence-electron chi connectivity index (χ2n) is 3.70. The first-order valence-corrected chi connectivity index (χ1v) is 5.10. The van der Waals surface area contributed by atoms with Crippen LogP contribution in [0, 0.1) is 5.92 Å². The van der Waals surface area contributed by atoms with Gasteiger partial charge in [-0.25, -0.2) is 0 Å². The summed E-state index contributed by atoms with van der Waals surface area (Å²) in [5.41, 5.74) is 0. The zero-order valence-electron chi connectivity index (χ0n) is 8.54. The molecule has 0 unspecified atom stereocenters. The second-order valence-corrected chi connectivity index (χ2v) is 3.70. The maximum atomic E-state index is 11.0. The SMILES string of the molecule is CC(=O)OC(=O)CCC1CCNCC1. The Hall–Kier alpha value is -0.900. The fraction of sp³-hybridized carbons (Fsp3) is 0.800. The van der Waals surface area contributed by atoms with Crippen molar-refractivity contribution in [3.8, 4) is 0 Å². The Morgan fingerprint density at radius 1 is 1.36 bits per heavy atom. The Labute approximate surface area is 84.0 Å². The molecule has 4 nitrogen and oxygen atoms in total. The maximum absolute atomic E-state index is 11.0. The molecule has 0 atom stereocenters. The largest absolute Gasteiger partial charge is 0.393 e. The summed E-state index contributed by atoms with van der Waals surface area (Å²) in [6.07, 6.45) is 3.44. The van der Waals surface area contributed by atoms with Gasteiger partial charge in [-0.05, 0) is 38.3 Å². The van der Waals surface area contributed by atoms with Gasteiger partial charge in [0.15, 0.2) is 0 Å². The van der Waals surface area contributed by atoms with Crippen molar-refractivity contribution in [3.05, 3.63) is 0 Å². The molecule has 0 aromatic heterocycles. The van der Waals surface area contributed by atoms with Crippen LogP contribution in [0.15, 0.2) is 0 Å². The molecule has 0 aliphatic carbocycles. The van der Waals surface area contributed by atoms with Crippen LogP contribution in [0.5, 0.6) is 0 Å². The van der Waals surface area contributed by atoms with E-state index < -0.39 is 11.9 Å². The molecule has 1 rings (SSSR count). The summed E-state index contributed by atoms with van der Waals surface area (Å²) >= 11 is 0. The van der Waals surface area contributed by atoms with Gasteiger partial charge in [-0.3, -0.25) is 9.59 Å². The fourth-order valence-electron chi connectivity index (χ4n) is 1.70. The molecular formula is C10H17NO3. The lowest BCUT2D eigenvalue weighted by Gasteiger charge is -2.21. The summed E-state index contributed by atoms with van der Waals surface area (Å²) in [5, 5.41) is 3.26. The summed E-state index contributed by atoms with van der Waals surface area (Å²) in [6.45, 7) is 3.32. The van der Waals surface area contributed by atoms with Crippen LogP contribution >= 0.6 is 0 Å². The minimum Gasteiger partial charge on any atom is -0.393 e. The number of carbonyl (C=O) groups excluding carboxylic acids is 2. The summed E-state index contributed by atoms with van der Waals surface area (Å²) in [6, 6.07) is 0. The van der Waals surface area contributed by atoms with Crippen LogP contribution in [-0.2, 0) is 14.3 Å². The van der Waals surface area contributed by atoms with E-state index in [9.17, 15) is 9.59 Å². The van der Waals surface area contributed by atoms with Crippen LogP contribution in [0.1, 0.15) is 32.6 Å². The zero-order chi connectivity index (χ0) is 10.4. The highest BCUT2D eigenvalue weighted by molar-refractivity contribution is 5.83. The van der Waals surface area contributed by atoms with Crippen LogP contribution in [0.25, 0.3) is 0 Å². The molecule has 0 spiro atoms. The quantitative estimate of drug-likeness (QED) is 0.541. The predicted octanol–water partition coefficient (Wildman–Crippen LogP) is 0.856. The van der Waals surface area contributed by atoms with Gasteiger partial charge in [-0.2, -0.15) is 0 Å². The number of piperidine rings is 1. The zero-order valence-corrected chi connectivity index (χ0v) is 8.54. The van der Waals surface area contributed by atoms with E-state index in [2.05, 4.69) is 10.1 Å². The predicted molar refractivity (Wildman–Crippen MR) is 51.6 cm³/mol. The molecule has 4 heteroatoms. The van der Waals surface area contributed by atoms with Crippen molar-refractivity contribution >= 4 is 11.9 Å². The molecule has 1 saturated heterocycles. The molecule has 80 valence electrons. The van der Waals surface area contributed by atoms with E-state index in [4.69, 9.17) is 0 Å². The van der Waals surface area contributed by atoms with Gasteiger partial charge < -0.3 is 10.1 Å². The lowest BCUT2D eigenvalue weighted by molar-refractivity contribution is -0.158. The van der Waals surface area contributed by atoms with E-state index >= 15 is 0 Å². The molecule has 0 aromatic carbocycles. The smallest absolute Gasteiger partial charge is 0.313 e. The Morgan fingerprint density at radius 2 is 2.00 bits per heavy atom. The molecular weight excluding hydrogens is 182 g/mol. The molecule has 1 N–H and O–H groups in total. The third-order valence-corrected chi connectivity index (χ3v) is 2.47. The molecule has 0 aromatic rings. The first-order chi connectivity index (χ1) is 6.68. The molecule has 1 aliphatic heterocycles. The lowest BCUT2D eigenvalue weighted by Crippen LogP contribution is -2.28. The molecule has 0 saturated carbocycles. The van der Waals surface area contributed by atoms with Gasteiger partial charge in [-0.15, -0.1) is 0 Å². The Bertz CT molecular complexity index is 209. The molecule has 1 fully saturated rings. The van der Waals surface area contributed by atoms with E-state index in [1.807, 2.05) is 0 Å². The van der Waals surface area contributed by atoms with Crippen molar-refractivity contribution in [2.45, 2.75) is 32.6 Å². The topological polar surface area (TPSA) is 55.4 Å². The van der Waals surface area contributed by atoms with Crippen molar-refractivity contribution in [1.29, 1.82) is 0 Å². The average molecular weight is 199 g/mol. The average Bonchev–Trinajstić information content (AvgIpc) is 2.15. The number of hydrogen-bond acceptors (Lipinski definition) is 4. The molecule has 0 bridgehead atoms. The highest BCUT2D eigenvalue weighted by Crippen LogP contribution is 2.17. The lowest BCUT2D eigenvalue weighted by atomic mass is 9.93. The number of carbonyl (C=O) groups is 2. The monoisotopic (exact) mass is 199 g/mol. The fourth-order valence-corrected chi connectivity index (χ4v) is 1.70. The summed E-state index contributed by atoms with van der Waals surface area (Å²) < 4.78 is 4.45. The number of hydrogen-bond donors (Lipinski definition) is 1. The van der Waals surface area contributed by atoms with Crippen molar-refractivity contribution in [1.82, 2.24) is 5.32 Å². The van der Waals surface area contributed by atoms with Gasteiger partial charge in [0.05, 0.1) is 0 Å². The second kappa shape index (κ2) is 5.75. The third kappa shape index (κ3) is 4.37. The highest BCUT2D eigenvalue weighted by atomic mass is 16.6. The minimum atomic E-state index is -0.514. The Kier molecular flexibility index (Phi) is 4.59. The summed E-state index contributed by atoms with van der Waals surface area (Å²) in [7, 11) is 0. The van der Waals surface area contributed by atoms with E-state index in [1.54, 1.807) is 0 Å². The van der Waals surface area contributed by atoms with Crippen molar-refractivity contribution < 1.29 is 14.3 Å². The first kappa shape index (κ1) is 11.2. The molecule has 0 radical (unpaired) electrons. The standard InChI is InChI=1S/C10H17NO3/c1-8(12)14-10(13)3-2-9-4-6-11-7-5-9/h9,11H,2-7H2,1H3. The van der Waals surface area contributed by atoms with E-state index in [0.29, 0.717) is 12.3 Å².